The fraction of sp³-hybridized carbons (Fsp3) is 0.308. The molecule has 7 heteroatoms. The van der Waals surface area contributed by atoms with Crippen molar-refractivity contribution in [1.29, 1.82) is 0 Å². The van der Waals surface area contributed by atoms with Crippen molar-refractivity contribution in [1.82, 2.24) is 0 Å². The predicted molar refractivity (Wildman–Crippen MR) is 78.9 cm³/mol. The van der Waals surface area contributed by atoms with Gasteiger partial charge in [-0.15, -0.1) is 0 Å². The van der Waals surface area contributed by atoms with E-state index in [9.17, 15) is 9.59 Å². The number of nitrogens with one attached hydrogen (secondary N) is 1. The van der Waals surface area contributed by atoms with Crippen LogP contribution in [0.1, 0.15) is 13.3 Å². The summed E-state index contributed by atoms with van der Waals surface area (Å²) in [5, 5.41) is 2.42. The van der Waals surface area contributed by atoms with E-state index in [-0.39, 0.29) is 23.4 Å². The van der Waals surface area contributed by atoms with Crippen molar-refractivity contribution in [2.24, 2.45) is 10.7 Å². The lowest BCUT2D eigenvalue weighted by atomic mass is 10.2. The zero-order valence-corrected chi connectivity index (χ0v) is 11.8. The van der Waals surface area contributed by atoms with Crippen LogP contribution in [0.2, 0.25) is 0 Å². The number of amides is 2. The van der Waals surface area contributed by atoms with Crippen LogP contribution >= 0.6 is 11.8 Å². The van der Waals surface area contributed by atoms with Crippen LogP contribution in [0.15, 0.2) is 29.3 Å². The molecule has 0 bridgehead atoms. The molecule has 0 fully saturated rings. The second-order valence-electron chi connectivity index (χ2n) is 4.10. The molecule has 1 aromatic rings. The van der Waals surface area contributed by atoms with Crippen LogP contribution in [0.3, 0.4) is 0 Å². The Balaban J connectivity index is 1.87. The smallest absolute Gasteiger partial charge is 0.262 e. The van der Waals surface area contributed by atoms with Gasteiger partial charge < -0.3 is 15.8 Å². The quantitative estimate of drug-likeness (QED) is 0.855. The van der Waals surface area contributed by atoms with Crippen molar-refractivity contribution >= 4 is 34.4 Å². The van der Waals surface area contributed by atoms with Crippen molar-refractivity contribution in [3.8, 4) is 5.75 Å². The van der Waals surface area contributed by atoms with Gasteiger partial charge in [-0.25, -0.2) is 0 Å². The SMILES string of the molecule is CCOc1ccc(NC(=O)C[C@@H]2SC(N)=NC2=O)cc1. The van der Waals surface area contributed by atoms with Crippen molar-refractivity contribution in [2.45, 2.75) is 18.6 Å². The maximum Gasteiger partial charge on any atom is 0.262 e. The molecule has 1 aliphatic rings. The van der Waals surface area contributed by atoms with Gasteiger partial charge in [0.15, 0.2) is 5.17 Å². The average molecular weight is 293 g/mol. The summed E-state index contributed by atoms with van der Waals surface area (Å²) in [6.07, 6.45) is 0.0565. The molecular formula is C13H15N3O3S. The van der Waals surface area contributed by atoms with E-state index in [0.717, 1.165) is 17.5 Å². The Morgan fingerprint density at radius 1 is 1.45 bits per heavy atom. The highest BCUT2D eigenvalue weighted by Gasteiger charge is 2.29. The number of nitrogens with two attached hydrogens (primary N) is 1. The van der Waals surface area contributed by atoms with Gasteiger partial charge in [0, 0.05) is 12.1 Å². The molecule has 0 unspecified atom stereocenters. The number of rotatable bonds is 5. The van der Waals surface area contributed by atoms with Crippen LogP contribution in [-0.4, -0.2) is 28.8 Å². The number of aliphatic imine (C=N–C) groups is 1. The van der Waals surface area contributed by atoms with E-state index in [2.05, 4.69) is 10.3 Å². The average Bonchev–Trinajstić information content (AvgIpc) is 2.70. The summed E-state index contributed by atoms with van der Waals surface area (Å²) < 4.78 is 5.31. The lowest BCUT2D eigenvalue weighted by Crippen LogP contribution is -2.21. The van der Waals surface area contributed by atoms with Crippen LogP contribution in [0, 0.1) is 0 Å². The molecule has 0 aromatic heterocycles. The van der Waals surface area contributed by atoms with Gasteiger partial charge in [0.25, 0.3) is 5.91 Å². The van der Waals surface area contributed by atoms with Gasteiger partial charge in [-0.05, 0) is 31.2 Å². The number of benzene rings is 1. The lowest BCUT2D eigenvalue weighted by molar-refractivity contribution is -0.121. The Bertz CT molecular complexity index is 542. The van der Waals surface area contributed by atoms with Gasteiger partial charge in [0.2, 0.25) is 5.91 Å². The minimum absolute atomic E-state index is 0.0565. The van der Waals surface area contributed by atoms with Crippen molar-refractivity contribution in [3.05, 3.63) is 24.3 Å². The zero-order valence-electron chi connectivity index (χ0n) is 11.0. The summed E-state index contributed by atoms with van der Waals surface area (Å²) in [5.41, 5.74) is 6.09. The van der Waals surface area contributed by atoms with Crippen LogP contribution in [0.25, 0.3) is 0 Å². The Morgan fingerprint density at radius 3 is 2.70 bits per heavy atom. The normalized spacial score (nSPS) is 17.8. The van der Waals surface area contributed by atoms with Crippen molar-refractivity contribution < 1.29 is 14.3 Å². The van der Waals surface area contributed by atoms with Crippen LogP contribution in [-0.2, 0) is 9.59 Å². The minimum atomic E-state index is -0.516. The maximum atomic E-state index is 11.8. The Kier molecular flexibility index (Phi) is 4.62. The van der Waals surface area contributed by atoms with E-state index in [1.54, 1.807) is 24.3 Å². The number of carbonyl (C=O) groups excluding carboxylic acids is 2. The highest BCUT2D eigenvalue weighted by molar-refractivity contribution is 8.15. The fourth-order valence-corrected chi connectivity index (χ4v) is 2.54. The summed E-state index contributed by atoms with van der Waals surface area (Å²) in [4.78, 5) is 26.8. The molecular weight excluding hydrogens is 278 g/mol. The number of amidine groups is 1. The Morgan fingerprint density at radius 2 is 2.15 bits per heavy atom. The van der Waals surface area contributed by atoms with E-state index < -0.39 is 5.25 Å². The number of hydrogen-bond acceptors (Lipinski definition) is 5. The second-order valence-corrected chi connectivity index (χ2v) is 5.33. The van der Waals surface area contributed by atoms with Crippen LogP contribution in [0.5, 0.6) is 5.75 Å². The third kappa shape index (κ3) is 3.74. The first-order chi connectivity index (χ1) is 9.58. The first-order valence-corrected chi connectivity index (χ1v) is 7.04. The monoisotopic (exact) mass is 293 g/mol. The molecule has 0 spiro atoms. The number of hydrogen-bond donors (Lipinski definition) is 2. The molecule has 0 radical (unpaired) electrons. The van der Waals surface area contributed by atoms with Gasteiger partial charge in [-0.2, -0.15) is 4.99 Å². The Labute approximate surface area is 120 Å². The molecule has 0 saturated carbocycles. The molecule has 1 heterocycles. The van der Waals surface area contributed by atoms with Crippen molar-refractivity contribution in [2.75, 3.05) is 11.9 Å². The zero-order chi connectivity index (χ0) is 14.5. The molecule has 1 aliphatic heterocycles. The number of nitrogens with zero attached hydrogens (tertiary/aromatic N) is 1. The highest BCUT2D eigenvalue weighted by atomic mass is 32.2. The molecule has 2 amide bonds. The topological polar surface area (TPSA) is 93.8 Å². The third-order valence-electron chi connectivity index (χ3n) is 2.58. The lowest BCUT2D eigenvalue weighted by Gasteiger charge is -2.09. The summed E-state index contributed by atoms with van der Waals surface area (Å²) in [6, 6.07) is 7.04. The van der Waals surface area contributed by atoms with Gasteiger partial charge in [-0.1, -0.05) is 11.8 Å². The van der Waals surface area contributed by atoms with E-state index in [1.165, 1.54) is 0 Å². The fourth-order valence-electron chi connectivity index (χ4n) is 1.71. The van der Waals surface area contributed by atoms with E-state index in [1.807, 2.05) is 6.92 Å². The predicted octanol–water partition coefficient (Wildman–Crippen LogP) is 1.37. The van der Waals surface area contributed by atoms with Gasteiger partial charge in [0.05, 0.1) is 6.61 Å². The standard InChI is InChI=1S/C13H15N3O3S/c1-2-19-9-5-3-8(4-6-9)15-11(17)7-10-12(18)16-13(14)20-10/h3-6,10H,2,7H2,1H3,(H,15,17)(H2,14,16,18)/t10-/m0/s1. The van der Waals surface area contributed by atoms with E-state index in [0.29, 0.717) is 12.3 Å². The number of anilines is 1. The third-order valence-corrected chi connectivity index (χ3v) is 3.56. The van der Waals surface area contributed by atoms with Gasteiger partial charge in [0.1, 0.15) is 11.0 Å². The molecule has 0 aliphatic carbocycles. The molecule has 1 atom stereocenters. The van der Waals surface area contributed by atoms with Crippen LogP contribution in [0.4, 0.5) is 5.69 Å². The molecule has 0 saturated heterocycles. The molecule has 3 N–H and O–H groups in total. The molecule has 1 aromatic carbocycles. The van der Waals surface area contributed by atoms with E-state index in [4.69, 9.17) is 10.5 Å². The largest absolute Gasteiger partial charge is 0.494 e. The second kappa shape index (κ2) is 6.42. The minimum Gasteiger partial charge on any atom is -0.494 e. The van der Waals surface area contributed by atoms with Gasteiger partial charge in [-0.3, -0.25) is 9.59 Å². The first-order valence-electron chi connectivity index (χ1n) is 6.16. The summed E-state index contributed by atoms with van der Waals surface area (Å²) in [6.45, 7) is 2.49. The summed E-state index contributed by atoms with van der Waals surface area (Å²) in [5.74, 6) is 0.146. The van der Waals surface area contributed by atoms with Crippen LogP contribution < -0.4 is 15.8 Å². The summed E-state index contributed by atoms with van der Waals surface area (Å²) >= 11 is 1.12. The Hall–Kier alpha value is -2.02. The number of carbonyl (C=O) groups is 2. The van der Waals surface area contributed by atoms with Gasteiger partial charge >= 0.3 is 0 Å². The number of ether oxygens (including phenoxy) is 1. The van der Waals surface area contributed by atoms with Crippen molar-refractivity contribution in [3.63, 3.8) is 0 Å². The highest BCUT2D eigenvalue weighted by Crippen LogP contribution is 2.23. The first kappa shape index (κ1) is 14.4. The molecule has 2 rings (SSSR count). The molecule has 6 nitrogen and oxygen atoms in total. The molecule has 20 heavy (non-hydrogen) atoms. The maximum absolute atomic E-state index is 11.8. The molecule has 106 valence electrons. The number of thioether (sulfide) groups is 1. The van der Waals surface area contributed by atoms with E-state index >= 15 is 0 Å². The summed E-state index contributed by atoms with van der Waals surface area (Å²) in [7, 11) is 0.